The maximum absolute atomic E-state index is 10.8. The van der Waals surface area contributed by atoms with Crippen LogP contribution in [-0.2, 0) is 16.1 Å². The molecule has 0 unspecified atom stereocenters. The smallest absolute Gasteiger partial charge is 0.305 e. The van der Waals surface area contributed by atoms with Gasteiger partial charge in [-0.25, -0.2) is 4.98 Å². The van der Waals surface area contributed by atoms with Crippen molar-refractivity contribution in [2.24, 2.45) is 0 Å². The minimum absolute atomic E-state index is 0.103. The summed E-state index contributed by atoms with van der Waals surface area (Å²) in [6, 6.07) is 0. The minimum atomic E-state index is -0.103. The van der Waals surface area contributed by atoms with Crippen LogP contribution in [0.25, 0.3) is 0 Å². The quantitative estimate of drug-likeness (QED) is 0.501. The highest BCUT2D eigenvalue weighted by molar-refractivity contribution is 5.68. The van der Waals surface area contributed by atoms with Crippen LogP contribution in [-0.4, -0.2) is 22.6 Å². The van der Waals surface area contributed by atoms with Gasteiger partial charge in [-0.1, -0.05) is 19.3 Å². The fraction of sp³-hybridized carbons (Fsp3) is 0.667. The number of hydrogen-bond acceptors (Lipinski definition) is 3. The van der Waals surface area contributed by atoms with Crippen molar-refractivity contribution < 1.29 is 9.53 Å². The molecular formula is C12H19N2O2. The van der Waals surface area contributed by atoms with Crippen LogP contribution in [0.2, 0.25) is 0 Å². The number of imidazole rings is 1. The summed E-state index contributed by atoms with van der Waals surface area (Å²) in [4.78, 5) is 14.7. The summed E-state index contributed by atoms with van der Waals surface area (Å²) < 4.78 is 6.61. The first-order valence-corrected chi connectivity index (χ1v) is 5.77. The van der Waals surface area contributed by atoms with Gasteiger partial charge in [0.2, 0.25) is 0 Å². The summed E-state index contributed by atoms with van der Waals surface area (Å²) in [7, 11) is 1.43. The van der Waals surface area contributed by atoms with E-state index in [1.54, 1.807) is 6.33 Å². The van der Waals surface area contributed by atoms with Crippen molar-refractivity contribution in [3.63, 3.8) is 0 Å². The lowest BCUT2D eigenvalue weighted by Crippen LogP contribution is -1.99. The zero-order valence-electron chi connectivity index (χ0n) is 9.82. The third-order valence-electron chi connectivity index (χ3n) is 2.53. The van der Waals surface area contributed by atoms with Crippen LogP contribution in [0, 0.1) is 6.20 Å². The van der Waals surface area contributed by atoms with Crippen molar-refractivity contribution in [2.45, 2.75) is 45.1 Å². The molecule has 0 atom stereocenters. The van der Waals surface area contributed by atoms with Crippen molar-refractivity contribution in [3.8, 4) is 0 Å². The van der Waals surface area contributed by atoms with E-state index in [1.165, 1.54) is 20.0 Å². The van der Waals surface area contributed by atoms with E-state index in [0.29, 0.717) is 6.42 Å². The largest absolute Gasteiger partial charge is 0.469 e. The van der Waals surface area contributed by atoms with Gasteiger partial charge in [0.15, 0.2) is 0 Å². The molecule has 0 aliphatic carbocycles. The third-order valence-corrected chi connectivity index (χ3v) is 2.53. The average Bonchev–Trinajstić information content (AvgIpc) is 2.80. The molecule has 1 rings (SSSR count). The van der Waals surface area contributed by atoms with Gasteiger partial charge in [-0.3, -0.25) is 4.79 Å². The molecule has 1 aromatic rings. The van der Waals surface area contributed by atoms with E-state index in [1.807, 2.05) is 10.8 Å². The van der Waals surface area contributed by atoms with Crippen LogP contribution >= 0.6 is 0 Å². The molecule has 1 heterocycles. The molecule has 0 fully saturated rings. The van der Waals surface area contributed by atoms with Crippen LogP contribution in [0.5, 0.6) is 0 Å². The van der Waals surface area contributed by atoms with E-state index in [9.17, 15) is 4.79 Å². The standard InChI is InChI=1S/C12H19N2O2/c1-16-12(15)7-5-3-2-4-6-9-14-10-8-13-11-14/h10-11H,2-7,9H2,1H3. The molecule has 0 saturated carbocycles. The van der Waals surface area contributed by atoms with E-state index in [4.69, 9.17) is 0 Å². The number of ether oxygens (including phenoxy) is 1. The zero-order valence-corrected chi connectivity index (χ0v) is 9.82. The SMILES string of the molecule is COC(=O)CCCCCCCn1c[c]nc1. The molecule has 0 bridgehead atoms. The zero-order chi connectivity index (χ0) is 11.6. The number of esters is 1. The summed E-state index contributed by atoms with van der Waals surface area (Å²) in [5.41, 5.74) is 0. The maximum atomic E-state index is 10.8. The first kappa shape index (κ1) is 12.7. The molecule has 4 nitrogen and oxygen atoms in total. The van der Waals surface area contributed by atoms with E-state index < -0.39 is 0 Å². The number of rotatable bonds is 8. The van der Waals surface area contributed by atoms with Gasteiger partial charge < -0.3 is 9.30 Å². The Morgan fingerprint density at radius 3 is 2.75 bits per heavy atom. The highest BCUT2D eigenvalue weighted by Crippen LogP contribution is 2.06. The Hall–Kier alpha value is -1.32. The number of hydrogen-bond donors (Lipinski definition) is 0. The van der Waals surface area contributed by atoms with Crippen molar-refractivity contribution in [2.75, 3.05) is 7.11 Å². The van der Waals surface area contributed by atoms with E-state index in [-0.39, 0.29) is 5.97 Å². The first-order valence-electron chi connectivity index (χ1n) is 5.77. The van der Waals surface area contributed by atoms with Gasteiger partial charge >= 0.3 is 5.97 Å². The van der Waals surface area contributed by atoms with Gasteiger partial charge in [0.05, 0.1) is 13.4 Å². The molecule has 1 aromatic heterocycles. The summed E-state index contributed by atoms with van der Waals surface area (Å²) >= 11 is 0. The van der Waals surface area contributed by atoms with Crippen molar-refractivity contribution >= 4 is 5.97 Å². The van der Waals surface area contributed by atoms with E-state index in [0.717, 1.165) is 25.8 Å². The number of methoxy groups -OCH3 is 1. The first-order chi connectivity index (χ1) is 7.83. The third kappa shape index (κ3) is 5.53. The molecule has 0 N–H and O–H groups in total. The van der Waals surface area contributed by atoms with E-state index in [2.05, 4.69) is 15.9 Å². The van der Waals surface area contributed by atoms with Gasteiger partial charge in [0.1, 0.15) is 6.20 Å². The number of aryl methyl sites for hydroxylation is 1. The minimum Gasteiger partial charge on any atom is -0.469 e. The Morgan fingerprint density at radius 1 is 1.31 bits per heavy atom. The molecule has 0 spiro atoms. The Morgan fingerprint density at radius 2 is 2.06 bits per heavy atom. The predicted octanol–water partition coefficient (Wildman–Crippen LogP) is 2.20. The Balaban J connectivity index is 1.87. The molecule has 0 amide bonds. The van der Waals surface area contributed by atoms with Crippen LogP contribution in [0.4, 0.5) is 0 Å². The van der Waals surface area contributed by atoms with Crippen LogP contribution in [0.15, 0.2) is 12.5 Å². The lowest BCUT2D eigenvalue weighted by molar-refractivity contribution is -0.140. The summed E-state index contributed by atoms with van der Waals surface area (Å²) in [5, 5.41) is 0. The van der Waals surface area contributed by atoms with Gasteiger partial charge in [-0.2, -0.15) is 0 Å². The molecule has 0 aromatic carbocycles. The second kappa shape index (κ2) is 7.91. The summed E-state index contributed by atoms with van der Waals surface area (Å²) in [6.07, 6.45) is 12.5. The fourth-order valence-electron chi connectivity index (χ4n) is 1.57. The highest BCUT2D eigenvalue weighted by atomic mass is 16.5. The van der Waals surface area contributed by atoms with Crippen LogP contribution in [0.3, 0.4) is 0 Å². The van der Waals surface area contributed by atoms with Crippen molar-refractivity contribution in [1.82, 2.24) is 9.55 Å². The molecular weight excluding hydrogens is 204 g/mol. The molecule has 1 radical (unpaired) electrons. The fourth-order valence-corrected chi connectivity index (χ4v) is 1.57. The highest BCUT2D eigenvalue weighted by Gasteiger charge is 1.99. The normalized spacial score (nSPS) is 10.3. The molecule has 16 heavy (non-hydrogen) atoms. The number of nitrogens with zero attached hydrogens (tertiary/aromatic N) is 2. The second-order valence-corrected chi connectivity index (χ2v) is 3.83. The molecule has 0 aliphatic heterocycles. The monoisotopic (exact) mass is 223 g/mol. The van der Waals surface area contributed by atoms with Gasteiger partial charge in [-0.15, -0.1) is 0 Å². The topological polar surface area (TPSA) is 44.1 Å². The summed E-state index contributed by atoms with van der Waals surface area (Å²) in [6.45, 7) is 1.01. The number of carbonyl (C=O) groups excluding carboxylic acids is 1. The average molecular weight is 223 g/mol. The number of aromatic nitrogens is 2. The Labute approximate surface area is 96.6 Å². The predicted molar refractivity (Wildman–Crippen MR) is 60.8 cm³/mol. The van der Waals surface area contributed by atoms with E-state index >= 15 is 0 Å². The van der Waals surface area contributed by atoms with Crippen LogP contribution in [0.1, 0.15) is 38.5 Å². The molecule has 89 valence electrons. The second-order valence-electron chi connectivity index (χ2n) is 3.83. The van der Waals surface area contributed by atoms with Gasteiger partial charge in [0.25, 0.3) is 0 Å². The van der Waals surface area contributed by atoms with Gasteiger partial charge in [-0.05, 0) is 12.8 Å². The van der Waals surface area contributed by atoms with Crippen molar-refractivity contribution in [3.05, 3.63) is 18.7 Å². The van der Waals surface area contributed by atoms with Crippen molar-refractivity contribution in [1.29, 1.82) is 0 Å². The Bertz CT molecular complexity index is 283. The molecule has 0 aliphatic rings. The molecule has 4 heteroatoms. The number of carbonyl (C=O) groups is 1. The van der Waals surface area contributed by atoms with Gasteiger partial charge in [0, 0.05) is 19.2 Å². The maximum Gasteiger partial charge on any atom is 0.305 e. The summed E-state index contributed by atoms with van der Waals surface area (Å²) in [5.74, 6) is -0.103. The lowest BCUT2D eigenvalue weighted by Gasteiger charge is -2.02. The molecule has 0 saturated heterocycles. The number of unbranched alkanes of at least 4 members (excludes halogenated alkanes) is 4. The van der Waals surface area contributed by atoms with Crippen LogP contribution < -0.4 is 0 Å². The lowest BCUT2D eigenvalue weighted by atomic mass is 10.1. The Kier molecular flexibility index (Phi) is 6.30.